The Bertz CT molecular complexity index is 1080. The van der Waals surface area contributed by atoms with Crippen LogP contribution in [-0.4, -0.2) is 81.0 Å². The summed E-state index contributed by atoms with van der Waals surface area (Å²) in [5.41, 5.74) is 16.8. The number of nitrogens with one attached hydrogen (secondary N) is 3. The topological polar surface area (TPSA) is 294 Å². The molecule has 4 atom stereocenters. The van der Waals surface area contributed by atoms with E-state index in [2.05, 4.69) is 16.0 Å². The van der Waals surface area contributed by atoms with Gasteiger partial charge in [0.1, 0.15) is 23.9 Å². The highest BCUT2D eigenvalue weighted by Gasteiger charge is 2.31. The molecule has 12 N–H and O–H groups in total. The number of nitrogens with two attached hydrogens (primary N) is 3. The standard InChI is InChI=1S/C23H32N6O10/c24-13(9-11-1-3-12(30)4-2-11)20(35)29-16(10-18(26)32)22(37)27-14(5-7-17(25)31)21(36)28-15(23(38)39)6-8-19(33)34/h1-4,13-16,30H,5-10,24H2,(H2,25,31)(H2,26,32)(H,27,37)(H,28,36)(H,29,35)(H,33,34)(H,38,39). The molecule has 1 rings (SSSR count). The third-order valence-corrected chi connectivity index (χ3v) is 5.34. The van der Waals surface area contributed by atoms with E-state index in [4.69, 9.17) is 22.3 Å². The lowest BCUT2D eigenvalue weighted by molar-refractivity contribution is -0.143. The van der Waals surface area contributed by atoms with E-state index in [9.17, 15) is 43.8 Å². The number of carboxylic acid groups (broad SMARTS) is 2. The number of carbonyl (C=O) groups excluding carboxylic acids is 5. The minimum atomic E-state index is -1.62. The number of phenols is 1. The van der Waals surface area contributed by atoms with E-state index >= 15 is 0 Å². The van der Waals surface area contributed by atoms with Crippen LogP contribution in [0.15, 0.2) is 24.3 Å². The normalized spacial score (nSPS) is 13.7. The van der Waals surface area contributed by atoms with Crippen molar-refractivity contribution in [1.82, 2.24) is 16.0 Å². The number of hydrogen-bond acceptors (Lipinski definition) is 9. The van der Waals surface area contributed by atoms with Gasteiger partial charge in [-0.25, -0.2) is 4.79 Å². The second kappa shape index (κ2) is 15.5. The predicted molar refractivity (Wildman–Crippen MR) is 132 cm³/mol. The average Bonchev–Trinajstić information content (AvgIpc) is 2.84. The van der Waals surface area contributed by atoms with Gasteiger partial charge >= 0.3 is 11.9 Å². The molecule has 16 nitrogen and oxygen atoms in total. The number of phenolic OH excluding ortho intramolecular Hbond substituents is 1. The summed E-state index contributed by atoms with van der Waals surface area (Å²) >= 11 is 0. The number of carboxylic acids is 2. The second-order valence-corrected chi connectivity index (χ2v) is 8.61. The molecule has 0 aliphatic carbocycles. The minimum Gasteiger partial charge on any atom is -0.508 e. The highest BCUT2D eigenvalue weighted by Crippen LogP contribution is 2.11. The van der Waals surface area contributed by atoms with Gasteiger partial charge in [0.2, 0.25) is 29.5 Å². The first-order valence-electron chi connectivity index (χ1n) is 11.6. The molecule has 16 heteroatoms. The Morgan fingerprint density at radius 3 is 1.74 bits per heavy atom. The molecule has 0 bridgehead atoms. The number of aliphatic carboxylic acids is 2. The minimum absolute atomic E-state index is 0.00135. The summed E-state index contributed by atoms with van der Waals surface area (Å²) in [7, 11) is 0. The van der Waals surface area contributed by atoms with Crippen molar-refractivity contribution in [1.29, 1.82) is 0 Å². The molecule has 5 amide bonds. The third kappa shape index (κ3) is 12.4. The smallest absolute Gasteiger partial charge is 0.326 e. The molecule has 0 fully saturated rings. The number of carbonyl (C=O) groups is 7. The first-order chi connectivity index (χ1) is 18.2. The molecular weight excluding hydrogens is 520 g/mol. The van der Waals surface area contributed by atoms with E-state index in [0.717, 1.165) is 0 Å². The largest absolute Gasteiger partial charge is 0.508 e. The number of amides is 5. The van der Waals surface area contributed by atoms with Crippen molar-refractivity contribution in [2.24, 2.45) is 17.2 Å². The average molecular weight is 553 g/mol. The molecule has 0 aliphatic rings. The molecular formula is C23H32N6O10. The first-order valence-corrected chi connectivity index (χ1v) is 11.6. The van der Waals surface area contributed by atoms with Gasteiger partial charge in [-0.2, -0.15) is 0 Å². The van der Waals surface area contributed by atoms with Crippen molar-refractivity contribution in [3.63, 3.8) is 0 Å². The Balaban J connectivity index is 3.01. The monoisotopic (exact) mass is 552 g/mol. The maximum atomic E-state index is 12.9. The molecule has 0 radical (unpaired) electrons. The molecule has 39 heavy (non-hydrogen) atoms. The maximum absolute atomic E-state index is 12.9. The Labute approximate surface area is 222 Å². The molecule has 214 valence electrons. The van der Waals surface area contributed by atoms with Crippen molar-refractivity contribution in [3.8, 4) is 5.75 Å². The predicted octanol–water partition coefficient (Wildman–Crippen LogP) is -3.19. The van der Waals surface area contributed by atoms with Gasteiger partial charge in [0, 0.05) is 12.8 Å². The summed E-state index contributed by atoms with van der Waals surface area (Å²) in [6.45, 7) is 0. The first kappa shape index (κ1) is 32.3. The molecule has 0 aromatic heterocycles. The Kier molecular flexibility index (Phi) is 12.8. The molecule has 1 aromatic rings. The van der Waals surface area contributed by atoms with Gasteiger partial charge in [-0.3, -0.25) is 28.8 Å². The van der Waals surface area contributed by atoms with Crippen molar-refractivity contribution >= 4 is 41.5 Å². The second-order valence-electron chi connectivity index (χ2n) is 8.61. The summed E-state index contributed by atoms with van der Waals surface area (Å²) in [5, 5.41) is 34.0. The van der Waals surface area contributed by atoms with Crippen molar-refractivity contribution in [3.05, 3.63) is 29.8 Å². The Hall–Kier alpha value is -4.73. The lowest BCUT2D eigenvalue weighted by Crippen LogP contribution is -2.58. The fraction of sp³-hybridized carbons (Fsp3) is 0.435. The van der Waals surface area contributed by atoms with Gasteiger partial charge in [-0.15, -0.1) is 0 Å². The lowest BCUT2D eigenvalue weighted by Gasteiger charge is -2.24. The van der Waals surface area contributed by atoms with Crippen LogP contribution in [0.2, 0.25) is 0 Å². The number of rotatable bonds is 17. The van der Waals surface area contributed by atoms with Gasteiger partial charge in [-0.05, 0) is 37.0 Å². The van der Waals surface area contributed by atoms with Gasteiger partial charge < -0.3 is 48.5 Å². The molecule has 4 unspecified atom stereocenters. The molecule has 0 saturated carbocycles. The van der Waals surface area contributed by atoms with Crippen molar-refractivity contribution in [2.75, 3.05) is 0 Å². The molecule has 0 heterocycles. The molecule has 1 aromatic carbocycles. The van der Waals surface area contributed by atoms with Crippen molar-refractivity contribution < 1.29 is 48.9 Å². The summed E-state index contributed by atoms with van der Waals surface area (Å²) in [4.78, 5) is 83.3. The van der Waals surface area contributed by atoms with E-state index in [-0.39, 0.29) is 18.6 Å². The Morgan fingerprint density at radius 1 is 0.718 bits per heavy atom. The third-order valence-electron chi connectivity index (χ3n) is 5.34. The van der Waals surface area contributed by atoms with Crippen molar-refractivity contribution in [2.45, 2.75) is 62.7 Å². The van der Waals surface area contributed by atoms with Crippen LogP contribution in [0.1, 0.15) is 37.7 Å². The number of primary amides is 2. The van der Waals surface area contributed by atoms with Crippen LogP contribution in [0.5, 0.6) is 5.75 Å². The summed E-state index contributed by atoms with van der Waals surface area (Å²) in [5.74, 6) is -7.65. The van der Waals surface area contributed by atoms with E-state index in [0.29, 0.717) is 5.56 Å². The Morgan fingerprint density at radius 2 is 1.23 bits per heavy atom. The molecule has 0 aliphatic heterocycles. The van der Waals surface area contributed by atoms with Crippen LogP contribution in [-0.2, 0) is 40.0 Å². The highest BCUT2D eigenvalue weighted by molar-refractivity contribution is 5.96. The number of aromatic hydroxyl groups is 1. The fourth-order valence-electron chi connectivity index (χ4n) is 3.29. The summed E-state index contributed by atoms with van der Waals surface area (Å²) in [6.07, 6.45) is -2.51. The molecule has 0 spiro atoms. The zero-order chi connectivity index (χ0) is 29.7. The van der Waals surface area contributed by atoms with Gasteiger partial charge in [0.25, 0.3) is 0 Å². The van der Waals surface area contributed by atoms with Crippen LogP contribution in [0.25, 0.3) is 0 Å². The van der Waals surface area contributed by atoms with Gasteiger partial charge in [0.15, 0.2) is 0 Å². The van der Waals surface area contributed by atoms with Gasteiger partial charge in [-0.1, -0.05) is 12.1 Å². The lowest BCUT2D eigenvalue weighted by atomic mass is 10.0. The number of benzene rings is 1. The molecule has 0 saturated heterocycles. The van der Waals surface area contributed by atoms with Crippen LogP contribution >= 0.6 is 0 Å². The quantitative estimate of drug-likeness (QED) is 0.0927. The van der Waals surface area contributed by atoms with E-state index in [1.54, 1.807) is 0 Å². The zero-order valence-corrected chi connectivity index (χ0v) is 20.8. The van der Waals surface area contributed by atoms with Gasteiger partial charge in [0.05, 0.1) is 12.5 Å². The summed E-state index contributed by atoms with van der Waals surface area (Å²) < 4.78 is 0. The SMILES string of the molecule is NC(=O)CCC(NC(=O)C(CC(N)=O)NC(=O)C(N)Cc1ccc(O)cc1)C(=O)NC(CCC(=O)O)C(=O)O. The fourth-order valence-corrected chi connectivity index (χ4v) is 3.29. The van der Waals surface area contributed by atoms with Crippen LogP contribution in [0, 0.1) is 0 Å². The van der Waals surface area contributed by atoms with Crippen LogP contribution < -0.4 is 33.2 Å². The number of hydrogen-bond donors (Lipinski definition) is 9. The maximum Gasteiger partial charge on any atom is 0.326 e. The highest BCUT2D eigenvalue weighted by atomic mass is 16.4. The van der Waals surface area contributed by atoms with Crippen LogP contribution in [0.4, 0.5) is 0 Å². The van der Waals surface area contributed by atoms with Crippen LogP contribution in [0.3, 0.4) is 0 Å². The summed E-state index contributed by atoms with van der Waals surface area (Å²) in [6, 6.07) is -0.119. The van der Waals surface area contributed by atoms with E-state index < -0.39 is 91.3 Å². The van der Waals surface area contributed by atoms with E-state index in [1.807, 2.05) is 0 Å². The van der Waals surface area contributed by atoms with E-state index in [1.165, 1.54) is 24.3 Å². The zero-order valence-electron chi connectivity index (χ0n) is 20.8.